The molecule has 1 amide bonds. The molecule has 13 heavy (non-hydrogen) atoms. The Morgan fingerprint density at radius 1 is 1.69 bits per heavy atom. The van der Waals surface area contributed by atoms with Crippen molar-refractivity contribution in [3.05, 3.63) is 0 Å². The van der Waals surface area contributed by atoms with Crippen LogP contribution in [0.1, 0.15) is 19.3 Å². The lowest BCUT2D eigenvalue weighted by Gasteiger charge is -2.30. The summed E-state index contributed by atoms with van der Waals surface area (Å²) in [5.41, 5.74) is 0. The fourth-order valence-electron chi connectivity index (χ4n) is 1.65. The first-order valence-electron chi connectivity index (χ1n) is 4.60. The van der Waals surface area contributed by atoms with Crippen molar-refractivity contribution in [3.63, 3.8) is 0 Å². The summed E-state index contributed by atoms with van der Waals surface area (Å²) in [6.07, 6.45) is 3.18. The zero-order valence-corrected chi connectivity index (χ0v) is 7.92. The maximum Gasteiger partial charge on any atom is 0.238 e. The van der Waals surface area contributed by atoms with E-state index in [9.17, 15) is 4.79 Å². The van der Waals surface area contributed by atoms with Gasteiger partial charge in [-0.05, 0) is 26.4 Å². The van der Waals surface area contributed by atoms with Crippen LogP contribution in [0.15, 0.2) is 0 Å². The fraction of sp³-hybridized carbons (Fsp3) is 0.778. The zero-order chi connectivity index (χ0) is 9.68. The molecule has 0 spiro atoms. The van der Waals surface area contributed by atoms with Crippen LogP contribution in [0.25, 0.3) is 0 Å². The van der Waals surface area contributed by atoms with E-state index < -0.39 is 0 Å². The van der Waals surface area contributed by atoms with Crippen LogP contribution >= 0.6 is 0 Å². The quantitative estimate of drug-likeness (QED) is 0.615. The Morgan fingerprint density at radius 2 is 2.46 bits per heavy atom. The molecule has 4 nitrogen and oxygen atoms in total. The lowest BCUT2D eigenvalue weighted by Crippen LogP contribution is -2.47. The molecule has 72 valence electrons. The van der Waals surface area contributed by atoms with Gasteiger partial charge in [-0.15, -0.1) is 0 Å². The van der Waals surface area contributed by atoms with E-state index in [0.717, 1.165) is 19.4 Å². The number of likely N-dealkylation sites (tertiary alicyclic amines) is 1. The number of nitrogens with one attached hydrogen (secondary N) is 1. The number of carbonyl (C=O) groups is 1. The van der Waals surface area contributed by atoms with E-state index in [4.69, 9.17) is 5.26 Å². The number of hydrogen-bond acceptors (Lipinski definition) is 3. The highest BCUT2D eigenvalue weighted by Gasteiger charge is 2.25. The summed E-state index contributed by atoms with van der Waals surface area (Å²) in [5.74, 6) is -0.0104. The van der Waals surface area contributed by atoms with Crippen LogP contribution in [0.3, 0.4) is 0 Å². The predicted octanol–water partition coefficient (Wildman–Crippen LogP) is 0.110. The maximum atomic E-state index is 11.5. The van der Waals surface area contributed by atoms with E-state index in [1.165, 1.54) is 6.42 Å². The van der Waals surface area contributed by atoms with Crippen LogP contribution in [-0.2, 0) is 4.79 Å². The van der Waals surface area contributed by atoms with Gasteiger partial charge < -0.3 is 5.32 Å². The molecule has 1 rings (SSSR count). The van der Waals surface area contributed by atoms with Gasteiger partial charge in [0.25, 0.3) is 0 Å². The summed E-state index contributed by atoms with van der Waals surface area (Å²) in [6, 6.07) is 1.88. The lowest BCUT2D eigenvalue weighted by molar-refractivity contribution is -0.126. The Morgan fingerprint density at radius 3 is 3.08 bits per heavy atom. The van der Waals surface area contributed by atoms with E-state index in [0.29, 0.717) is 0 Å². The molecule has 1 fully saturated rings. The number of nitrogens with zero attached hydrogens (tertiary/aromatic N) is 2. The van der Waals surface area contributed by atoms with E-state index in [2.05, 4.69) is 10.2 Å². The molecule has 1 heterocycles. The highest BCUT2D eigenvalue weighted by molar-refractivity contribution is 5.81. The van der Waals surface area contributed by atoms with Crippen molar-refractivity contribution in [2.75, 3.05) is 20.1 Å². The largest absolute Gasteiger partial charge is 0.342 e. The lowest BCUT2D eigenvalue weighted by atomic mass is 10.0. The molecule has 4 heteroatoms. The number of nitriles is 1. The summed E-state index contributed by atoms with van der Waals surface area (Å²) < 4.78 is 0. The van der Waals surface area contributed by atoms with Crippen molar-refractivity contribution in [3.8, 4) is 6.07 Å². The summed E-state index contributed by atoms with van der Waals surface area (Å²) >= 11 is 0. The minimum Gasteiger partial charge on any atom is -0.342 e. The monoisotopic (exact) mass is 181 g/mol. The molecule has 0 aromatic rings. The third-order valence-corrected chi connectivity index (χ3v) is 2.41. The van der Waals surface area contributed by atoms with Crippen molar-refractivity contribution < 1.29 is 4.79 Å². The van der Waals surface area contributed by atoms with Crippen LogP contribution in [0.2, 0.25) is 0 Å². The third kappa shape index (κ3) is 2.71. The first-order valence-corrected chi connectivity index (χ1v) is 4.60. The normalized spacial score (nSPS) is 23.5. The molecule has 1 unspecified atom stereocenters. The smallest absolute Gasteiger partial charge is 0.238 e. The molecule has 0 radical (unpaired) electrons. The Bertz CT molecular complexity index is 221. The van der Waals surface area contributed by atoms with Crippen LogP contribution in [0, 0.1) is 11.3 Å². The molecule has 1 saturated heterocycles. The average molecular weight is 181 g/mol. The van der Waals surface area contributed by atoms with E-state index in [1.54, 1.807) is 0 Å². The average Bonchev–Trinajstić information content (AvgIpc) is 2.15. The van der Waals surface area contributed by atoms with Gasteiger partial charge in [-0.25, -0.2) is 0 Å². The number of amides is 1. The van der Waals surface area contributed by atoms with Gasteiger partial charge in [-0.2, -0.15) is 5.26 Å². The Labute approximate surface area is 78.5 Å². The van der Waals surface area contributed by atoms with Gasteiger partial charge in [-0.3, -0.25) is 9.69 Å². The molecular weight excluding hydrogens is 166 g/mol. The van der Waals surface area contributed by atoms with E-state index >= 15 is 0 Å². The van der Waals surface area contributed by atoms with Crippen molar-refractivity contribution >= 4 is 5.91 Å². The number of carbonyl (C=O) groups excluding carboxylic acids is 1. The molecule has 1 aliphatic heterocycles. The Kier molecular flexibility index (Phi) is 3.71. The second-order valence-electron chi connectivity index (χ2n) is 3.37. The van der Waals surface area contributed by atoms with Crippen LogP contribution in [0.5, 0.6) is 0 Å². The van der Waals surface area contributed by atoms with Crippen molar-refractivity contribution in [1.82, 2.24) is 10.2 Å². The Balaban J connectivity index is 2.40. The molecule has 1 atom stereocenters. The molecule has 0 aliphatic carbocycles. The summed E-state index contributed by atoms with van der Waals surface area (Å²) in [4.78, 5) is 13.5. The minimum absolute atomic E-state index is 0.0104. The van der Waals surface area contributed by atoms with Gasteiger partial charge in [-0.1, -0.05) is 6.42 Å². The first kappa shape index (κ1) is 10.0. The topological polar surface area (TPSA) is 56.1 Å². The number of likely N-dealkylation sites (N-methyl/N-ethyl adjacent to an activating group) is 1. The molecule has 1 aliphatic rings. The van der Waals surface area contributed by atoms with Crippen molar-refractivity contribution in [2.24, 2.45) is 0 Å². The van der Waals surface area contributed by atoms with Crippen molar-refractivity contribution in [2.45, 2.75) is 25.3 Å². The molecule has 0 saturated carbocycles. The maximum absolute atomic E-state index is 11.5. The summed E-state index contributed by atoms with van der Waals surface area (Å²) in [6.45, 7) is 1.09. The summed E-state index contributed by atoms with van der Waals surface area (Å²) in [7, 11) is 1.95. The molecular formula is C9H15N3O. The van der Waals surface area contributed by atoms with Crippen LogP contribution in [0.4, 0.5) is 0 Å². The van der Waals surface area contributed by atoms with Gasteiger partial charge >= 0.3 is 0 Å². The number of piperidine rings is 1. The van der Waals surface area contributed by atoms with Gasteiger partial charge in [0.1, 0.15) is 6.54 Å². The molecule has 0 aromatic carbocycles. The van der Waals surface area contributed by atoms with Crippen molar-refractivity contribution in [1.29, 1.82) is 5.26 Å². The second kappa shape index (κ2) is 4.83. The van der Waals surface area contributed by atoms with Crippen LogP contribution < -0.4 is 5.32 Å². The number of rotatable bonds is 2. The summed E-state index contributed by atoms with van der Waals surface area (Å²) in [5, 5.41) is 10.9. The van der Waals surface area contributed by atoms with Gasteiger partial charge in [0.2, 0.25) is 5.91 Å². The fourth-order valence-corrected chi connectivity index (χ4v) is 1.65. The highest BCUT2D eigenvalue weighted by atomic mass is 16.2. The molecule has 0 aromatic heterocycles. The van der Waals surface area contributed by atoms with Gasteiger partial charge in [0.05, 0.1) is 12.1 Å². The standard InChI is InChI=1S/C9H15N3O/c1-12-7-3-2-4-8(12)9(13)11-6-5-10/h8H,2-4,6-7H2,1H3,(H,11,13). The first-order chi connectivity index (χ1) is 6.25. The zero-order valence-electron chi connectivity index (χ0n) is 7.92. The highest BCUT2D eigenvalue weighted by Crippen LogP contribution is 2.14. The minimum atomic E-state index is -0.0258. The van der Waals surface area contributed by atoms with E-state index in [1.807, 2.05) is 13.1 Å². The van der Waals surface area contributed by atoms with E-state index in [-0.39, 0.29) is 18.5 Å². The predicted molar refractivity (Wildman–Crippen MR) is 48.9 cm³/mol. The van der Waals surface area contributed by atoms with Gasteiger partial charge in [0, 0.05) is 0 Å². The number of hydrogen-bond donors (Lipinski definition) is 1. The SMILES string of the molecule is CN1CCCCC1C(=O)NCC#N. The van der Waals surface area contributed by atoms with Crippen LogP contribution in [-0.4, -0.2) is 37.0 Å². The Hall–Kier alpha value is -1.08. The van der Waals surface area contributed by atoms with Gasteiger partial charge in [0.15, 0.2) is 0 Å². The molecule has 0 bridgehead atoms. The third-order valence-electron chi connectivity index (χ3n) is 2.41. The molecule has 1 N–H and O–H groups in total. The second-order valence-corrected chi connectivity index (χ2v) is 3.37.